The smallest absolute Gasteiger partial charge is 0.244 e. The molecular weight excluding hydrogens is 444 g/mol. The summed E-state index contributed by atoms with van der Waals surface area (Å²) in [5.74, 6) is -0.371. The van der Waals surface area contributed by atoms with Crippen molar-refractivity contribution in [2.24, 2.45) is 0 Å². The molecule has 0 aliphatic heterocycles. The van der Waals surface area contributed by atoms with E-state index >= 15 is 0 Å². The van der Waals surface area contributed by atoms with E-state index in [1.54, 1.807) is 47.2 Å². The molecule has 0 fully saturated rings. The van der Waals surface area contributed by atoms with E-state index in [2.05, 4.69) is 5.32 Å². The minimum Gasteiger partial charge on any atom is -0.337 e. The van der Waals surface area contributed by atoms with E-state index in [0.717, 1.165) is 16.8 Å². The first-order valence-electron chi connectivity index (χ1n) is 10.1. The molecular formula is C25H23ClN2O3S. The molecule has 0 saturated heterocycles. The van der Waals surface area contributed by atoms with E-state index in [1.807, 2.05) is 44.2 Å². The molecule has 5 nitrogen and oxygen atoms in total. The second kappa shape index (κ2) is 8.81. The molecule has 7 heteroatoms. The maximum atomic E-state index is 13.2. The Hall–Kier alpha value is -3.09. The van der Waals surface area contributed by atoms with Gasteiger partial charge in [-0.1, -0.05) is 48.0 Å². The van der Waals surface area contributed by atoms with Gasteiger partial charge >= 0.3 is 0 Å². The minimum atomic E-state index is -3.63. The summed E-state index contributed by atoms with van der Waals surface area (Å²) in [6, 6.07) is 19.8. The number of aromatic nitrogens is 1. The monoisotopic (exact) mass is 466 g/mol. The number of nitrogens with zero attached hydrogens (tertiary/aromatic N) is 1. The molecule has 4 rings (SSSR count). The summed E-state index contributed by atoms with van der Waals surface area (Å²) in [7, 11) is -3.63. The molecule has 0 aliphatic rings. The number of rotatable bonds is 6. The van der Waals surface area contributed by atoms with Gasteiger partial charge in [0.1, 0.15) is 6.54 Å². The highest BCUT2D eigenvalue weighted by molar-refractivity contribution is 7.90. The highest BCUT2D eigenvalue weighted by Gasteiger charge is 2.22. The van der Waals surface area contributed by atoms with Gasteiger partial charge in [0, 0.05) is 27.8 Å². The van der Waals surface area contributed by atoms with E-state index in [0.29, 0.717) is 21.5 Å². The second-order valence-electron chi connectivity index (χ2n) is 7.95. The maximum absolute atomic E-state index is 13.2. The molecule has 164 valence electrons. The third kappa shape index (κ3) is 4.87. The molecule has 0 atom stereocenters. The van der Waals surface area contributed by atoms with E-state index < -0.39 is 9.84 Å². The quantitative estimate of drug-likeness (QED) is 0.406. The number of nitrogens with one attached hydrogen (secondary N) is 1. The van der Waals surface area contributed by atoms with Crippen molar-refractivity contribution in [2.75, 3.05) is 5.32 Å². The Morgan fingerprint density at radius 1 is 0.969 bits per heavy atom. The fourth-order valence-electron chi connectivity index (χ4n) is 3.87. The molecule has 1 aromatic heterocycles. The fourth-order valence-corrected chi connectivity index (χ4v) is 5.58. The largest absolute Gasteiger partial charge is 0.337 e. The number of sulfone groups is 1. The van der Waals surface area contributed by atoms with Gasteiger partial charge in [-0.3, -0.25) is 4.79 Å². The van der Waals surface area contributed by atoms with Crippen LogP contribution in [0, 0.1) is 13.8 Å². The SMILES string of the molecule is Cc1cc(C)cc(NC(=O)Cn2cc(S(=O)(=O)Cc3ccc(Cl)cc3)c3ccccc32)c1. The number of aryl methyl sites for hydroxylation is 2. The molecule has 3 aromatic carbocycles. The lowest BCUT2D eigenvalue weighted by Gasteiger charge is -2.09. The van der Waals surface area contributed by atoms with E-state index in [9.17, 15) is 13.2 Å². The summed E-state index contributed by atoms with van der Waals surface area (Å²) in [4.78, 5) is 12.9. The van der Waals surface area contributed by atoms with Crippen LogP contribution in [0.1, 0.15) is 16.7 Å². The number of carbonyl (C=O) groups excluding carboxylic acids is 1. The number of carbonyl (C=O) groups is 1. The molecule has 1 N–H and O–H groups in total. The van der Waals surface area contributed by atoms with Gasteiger partial charge in [-0.2, -0.15) is 0 Å². The Kier molecular flexibility index (Phi) is 6.09. The molecule has 0 bridgehead atoms. The Labute approximate surface area is 192 Å². The first-order chi connectivity index (χ1) is 15.2. The van der Waals surface area contributed by atoms with Gasteiger partial charge < -0.3 is 9.88 Å². The zero-order valence-corrected chi connectivity index (χ0v) is 19.4. The van der Waals surface area contributed by atoms with Crippen molar-refractivity contribution in [3.05, 3.63) is 94.6 Å². The van der Waals surface area contributed by atoms with Crippen LogP contribution in [-0.2, 0) is 26.9 Å². The number of benzene rings is 3. The van der Waals surface area contributed by atoms with Gasteiger partial charge in [0.25, 0.3) is 0 Å². The van der Waals surface area contributed by atoms with Gasteiger partial charge in [-0.25, -0.2) is 8.42 Å². The molecule has 1 amide bonds. The van der Waals surface area contributed by atoms with Crippen LogP contribution >= 0.6 is 11.6 Å². The Balaban J connectivity index is 1.63. The average Bonchev–Trinajstić information content (AvgIpc) is 3.08. The Morgan fingerprint density at radius 3 is 2.31 bits per heavy atom. The Morgan fingerprint density at radius 2 is 1.62 bits per heavy atom. The summed E-state index contributed by atoms with van der Waals surface area (Å²) in [5.41, 5.74) is 4.18. The number of anilines is 1. The summed E-state index contributed by atoms with van der Waals surface area (Å²) >= 11 is 5.91. The lowest BCUT2D eigenvalue weighted by atomic mass is 10.1. The number of hydrogen-bond acceptors (Lipinski definition) is 3. The van der Waals surface area contributed by atoms with Crippen LogP contribution < -0.4 is 5.32 Å². The number of para-hydroxylation sites is 1. The number of amides is 1. The van der Waals surface area contributed by atoms with Crippen LogP contribution in [0.25, 0.3) is 10.9 Å². The maximum Gasteiger partial charge on any atom is 0.244 e. The minimum absolute atomic E-state index is 0.00394. The molecule has 0 radical (unpaired) electrons. The highest BCUT2D eigenvalue weighted by atomic mass is 35.5. The summed E-state index contributed by atoms with van der Waals surface area (Å²) in [6.45, 7) is 3.95. The molecule has 0 spiro atoms. The van der Waals surface area contributed by atoms with Crippen molar-refractivity contribution in [2.45, 2.75) is 31.0 Å². The van der Waals surface area contributed by atoms with Crippen LogP contribution in [-0.4, -0.2) is 18.9 Å². The lowest BCUT2D eigenvalue weighted by Crippen LogP contribution is -2.18. The topological polar surface area (TPSA) is 68.2 Å². The van der Waals surface area contributed by atoms with Crippen LogP contribution in [0.2, 0.25) is 5.02 Å². The normalized spacial score (nSPS) is 11.6. The van der Waals surface area contributed by atoms with Crippen LogP contribution in [0.3, 0.4) is 0 Å². The lowest BCUT2D eigenvalue weighted by molar-refractivity contribution is -0.116. The van der Waals surface area contributed by atoms with Gasteiger partial charge in [-0.15, -0.1) is 0 Å². The van der Waals surface area contributed by atoms with E-state index in [-0.39, 0.29) is 23.1 Å². The number of halogens is 1. The van der Waals surface area contributed by atoms with Gasteiger partial charge in [0.2, 0.25) is 5.91 Å². The van der Waals surface area contributed by atoms with Crippen LogP contribution in [0.15, 0.2) is 77.8 Å². The van der Waals surface area contributed by atoms with Gasteiger partial charge in [0.15, 0.2) is 9.84 Å². The van der Waals surface area contributed by atoms with Crippen molar-refractivity contribution in [1.82, 2.24) is 4.57 Å². The second-order valence-corrected chi connectivity index (χ2v) is 10.3. The standard InChI is InChI=1S/C25H23ClN2O3S/c1-17-11-18(2)13-21(12-17)27-25(29)15-28-14-24(22-5-3-4-6-23(22)28)32(30,31)16-19-7-9-20(26)10-8-19/h3-14H,15-16H2,1-2H3,(H,27,29). The first-order valence-corrected chi connectivity index (χ1v) is 12.2. The van der Waals surface area contributed by atoms with Crippen molar-refractivity contribution < 1.29 is 13.2 Å². The first kappa shape index (κ1) is 22.1. The van der Waals surface area contributed by atoms with Crippen molar-refractivity contribution >= 4 is 43.9 Å². The van der Waals surface area contributed by atoms with Gasteiger partial charge in [0.05, 0.1) is 10.6 Å². The molecule has 0 unspecified atom stereocenters. The van der Waals surface area contributed by atoms with E-state index in [1.165, 1.54) is 0 Å². The summed E-state index contributed by atoms with van der Waals surface area (Å²) < 4.78 is 28.1. The molecule has 1 heterocycles. The number of hydrogen-bond donors (Lipinski definition) is 1. The molecule has 32 heavy (non-hydrogen) atoms. The summed E-state index contributed by atoms with van der Waals surface area (Å²) in [5, 5.41) is 4.06. The zero-order chi connectivity index (χ0) is 22.9. The number of fused-ring (bicyclic) bond motifs is 1. The van der Waals surface area contributed by atoms with Crippen molar-refractivity contribution in [1.29, 1.82) is 0 Å². The zero-order valence-electron chi connectivity index (χ0n) is 17.8. The van der Waals surface area contributed by atoms with Crippen molar-refractivity contribution in [3.63, 3.8) is 0 Å². The van der Waals surface area contributed by atoms with Gasteiger partial charge in [-0.05, 0) is 60.9 Å². The predicted octanol–water partition coefficient (Wildman–Crippen LogP) is 5.52. The average molecular weight is 467 g/mol. The van der Waals surface area contributed by atoms with Crippen molar-refractivity contribution in [3.8, 4) is 0 Å². The molecule has 0 saturated carbocycles. The Bertz CT molecular complexity index is 1390. The third-order valence-corrected chi connectivity index (χ3v) is 7.14. The predicted molar refractivity (Wildman–Crippen MR) is 129 cm³/mol. The summed E-state index contributed by atoms with van der Waals surface area (Å²) in [6.07, 6.45) is 1.55. The van der Waals surface area contributed by atoms with E-state index in [4.69, 9.17) is 11.6 Å². The third-order valence-electron chi connectivity index (χ3n) is 5.18. The fraction of sp³-hybridized carbons (Fsp3) is 0.160. The molecule has 0 aliphatic carbocycles. The highest BCUT2D eigenvalue weighted by Crippen LogP contribution is 2.28. The van der Waals surface area contributed by atoms with Crippen LogP contribution in [0.5, 0.6) is 0 Å². The molecule has 4 aromatic rings. The van der Waals surface area contributed by atoms with Crippen LogP contribution in [0.4, 0.5) is 5.69 Å².